The van der Waals surface area contributed by atoms with E-state index in [0.717, 1.165) is 30.9 Å². The molecule has 1 aliphatic rings. The predicted octanol–water partition coefficient (Wildman–Crippen LogP) is 3.47. The lowest BCUT2D eigenvalue weighted by Crippen LogP contribution is -2.32. The van der Waals surface area contributed by atoms with Gasteiger partial charge in [-0.2, -0.15) is 0 Å². The van der Waals surface area contributed by atoms with Crippen LogP contribution in [0, 0.1) is 5.41 Å². The highest BCUT2D eigenvalue weighted by Gasteiger charge is 2.61. The third-order valence-corrected chi connectivity index (χ3v) is 5.52. The minimum Gasteiger partial charge on any atom is -0.384 e. The van der Waals surface area contributed by atoms with Crippen molar-refractivity contribution in [3.05, 3.63) is 59.7 Å². The molecule has 1 aromatic carbocycles. The van der Waals surface area contributed by atoms with E-state index in [1.165, 1.54) is 12.0 Å². The molecule has 1 aliphatic carbocycles. The Morgan fingerprint density at radius 1 is 1.12 bits per heavy atom. The van der Waals surface area contributed by atoms with Gasteiger partial charge in [-0.05, 0) is 24.4 Å². The monoisotopic (exact) mass is 339 g/mol. The first kappa shape index (κ1) is 18.0. The molecule has 0 bridgehead atoms. The number of aromatic nitrogens is 2. The van der Waals surface area contributed by atoms with Gasteiger partial charge < -0.3 is 9.64 Å². The molecular formula is C21H29N3O. The number of likely N-dealkylation sites (N-methyl/N-ethyl adjacent to an activating group) is 1. The maximum atomic E-state index is 5.08. The van der Waals surface area contributed by atoms with E-state index < -0.39 is 0 Å². The minimum atomic E-state index is 0.252. The highest BCUT2D eigenvalue weighted by molar-refractivity contribution is 5.37. The summed E-state index contributed by atoms with van der Waals surface area (Å²) >= 11 is 0. The van der Waals surface area contributed by atoms with Crippen molar-refractivity contribution in [2.24, 2.45) is 5.41 Å². The molecule has 0 saturated heterocycles. The van der Waals surface area contributed by atoms with E-state index >= 15 is 0 Å². The first-order valence-corrected chi connectivity index (χ1v) is 9.00. The van der Waals surface area contributed by atoms with Gasteiger partial charge in [-0.15, -0.1) is 0 Å². The molecule has 1 aromatic heterocycles. The maximum Gasteiger partial charge on any atom is 0.130 e. The number of methoxy groups -OCH3 is 1. The number of hydrogen-bond donors (Lipinski definition) is 0. The molecule has 0 radical (unpaired) electrons. The molecule has 3 rings (SSSR count). The average Bonchev–Trinajstić information content (AvgIpc) is 3.16. The van der Waals surface area contributed by atoms with Gasteiger partial charge in [0.1, 0.15) is 5.82 Å². The van der Waals surface area contributed by atoms with Crippen molar-refractivity contribution in [2.75, 3.05) is 27.3 Å². The van der Waals surface area contributed by atoms with E-state index in [4.69, 9.17) is 4.74 Å². The molecule has 0 N–H and O–H groups in total. The SMILES string of the molecule is COCCc1ncc(CN(C)C[C@@]2(c3ccccc3)CC2(C)C)cn1. The topological polar surface area (TPSA) is 38.2 Å². The van der Waals surface area contributed by atoms with Crippen LogP contribution in [-0.4, -0.2) is 42.2 Å². The summed E-state index contributed by atoms with van der Waals surface area (Å²) in [5, 5.41) is 0. The van der Waals surface area contributed by atoms with Crippen molar-refractivity contribution in [3.63, 3.8) is 0 Å². The molecule has 1 heterocycles. The Labute approximate surface area is 151 Å². The highest BCUT2D eigenvalue weighted by Crippen LogP contribution is 2.64. The summed E-state index contributed by atoms with van der Waals surface area (Å²) < 4.78 is 5.08. The van der Waals surface area contributed by atoms with Crippen molar-refractivity contribution in [2.45, 2.75) is 38.6 Å². The third kappa shape index (κ3) is 3.91. The summed E-state index contributed by atoms with van der Waals surface area (Å²) in [6.07, 6.45) is 5.89. The lowest BCUT2D eigenvalue weighted by Gasteiger charge is -2.27. The fourth-order valence-corrected chi connectivity index (χ4v) is 3.94. The van der Waals surface area contributed by atoms with E-state index in [9.17, 15) is 0 Å². The van der Waals surface area contributed by atoms with Crippen LogP contribution in [-0.2, 0) is 23.1 Å². The van der Waals surface area contributed by atoms with Crippen molar-refractivity contribution in [1.82, 2.24) is 14.9 Å². The molecule has 1 fully saturated rings. The van der Waals surface area contributed by atoms with Gasteiger partial charge in [0, 0.05) is 50.0 Å². The number of ether oxygens (including phenoxy) is 1. The Morgan fingerprint density at radius 3 is 2.32 bits per heavy atom. The summed E-state index contributed by atoms with van der Waals surface area (Å²) in [6.45, 7) is 7.34. The van der Waals surface area contributed by atoms with Crippen LogP contribution in [0.25, 0.3) is 0 Å². The molecule has 1 saturated carbocycles. The molecule has 134 valence electrons. The average molecular weight is 339 g/mol. The van der Waals surface area contributed by atoms with Gasteiger partial charge in [-0.1, -0.05) is 44.2 Å². The zero-order chi connectivity index (χ0) is 17.9. The van der Waals surface area contributed by atoms with Gasteiger partial charge in [0.05, 0.1) is 6.61 Å². The fourth-order valence-electron chi connectivity index (χ4n) is 3.94. The Bertz CT molecular complexity index is 684. The van der Waals surface area contributed by atoms with Gasteiger partial charge in [-0.3, -0.25) is 0 Å². The predicted molar refractivity (Wildman–Crippen MR) is 100 cm³/mol. The first-order chi connectivity index (χ1) is 12.0. The zero-order valence-corrected chi connectivity index (χ0v) is 15.8. The number of hydrogen-bond acceptors (Lipinski definition) is 4. The van der Waals surface area contributed by atoms with Crippen molar-refractivity contribution < 1.29 is 4.74 Å². The first-order valence-electron chi connectivity index (χ1n) is 9.00. The zero-order valence-electron chi connectivity index (χ0n) is 15.8. The maximum absolute atomic E-state index is 5.08. The van der Waals surface area contributed by atoms with Crippen LogP contribution < -0.4 is 0 Å². The number of rotatable bonds is 8. The Morgan fingerprint density at radius 2 is 1.76 bits per heavy atom. The smallest absolute Gasteiger partial charge is 0.130 e. The summed E-state index contributed by atoms with van der Waals surface area (Å²) in [4.78, 5) is 11.3. The van der Waals surface area contributed by atoms with Crippen molar-refractivity contribution >= 4 is 0 Å². The fraction of sp³-hybridized carbons (Fsp3) is 0.524. The molecular weight excluding hydrogens is 310 g/mol. The molecule has 25 heavy (non-hydrogen) atoms. The van der Waals surface area contributed by atoms with Crippen LogP contribution in [0.15, 0.2) is 42.7 Å². The molecule has 0 amide bonds. The summed E-state index contributed by atoms with van der Waals surface area (Å²) in [5.74, 6) is 0.845. The van der Waals surface area contributed by atoms with E-state index in [-0.39, 0.29) is 5.41 Å². The third-order valence-electron chi connectivity index (χ3n) is 5.52. The van der Waals surface area contributed by atoms with Gasteiger partial charge in [0.2, 0.25) is 0 Å². The Hall–Kier alpha value is -1.78. The van der Waals surface area contributed by atoms with E-state index in [1.54, 1.807) is 7.11 Å². The largest absolute Gasteiger partial charge is 0.384 e. The van der Waals surface area contributed by atoms with Gasteiger partial charge in [-0.25, -0.2) is 9.97 Å². The van der Waals surface area contributed by atoms with Gasteiger partial charge in [0.25, 0.3) is 0 Å². The van der Waals surface area contributed by atoms with Crippen LogP contribution in [0.5, 0.6) is 0 Å². The van der Waals surface area contributed by atoms with E-state index in [1.807, 2.05) is 12.4 Å². The molecule has 1 atom stereocenters. The summed E-state index contributed by atoms with van der Waals surface area (Å²) in [6, 6.07) is 10.9. The van der Waals surface area contributed by atoms with Gasteiger partial charge in [0.15, 0.2) is 0 Å². The van der Waals surface area contributed by atoms with Crippen LogP contribution in [0.1, 0.15) is 37.2 Å². The summed E-state index contributed by atoms with van der Waals surface area (Å²) in [7, 11) is 3.89. The van der Waals surface area contributed by atoms with Crippen LogP contribution in [0.4, 0.5) is 0 Å². The standard InChI is InChI=1S/C21H29N3O/c1-20(2)15-21(20,18-8-6-5-7-9-18)16-24(3)14-17-12-22-19(23-13-17)10-11-25-4/h5-9,12-13H,10-11,14-16H2,1-4H3/t21-/m1/s1. The molecule has 0 aliphatic heterocycles. The van der Waals surface area contributed by atoms with Crippen LogP contribution in [0.3, 0.4) is 0 Å². The second-order valence-electron chi connectivity index (χ2n) is 7.93. The molecule has 4 heteroatoms. The lowest BCUT2D eigenvalue weighted by atomic mass is 9.87. The lowest BCUT2D eigenvalue weighted by molar-refractivity contribution is 0.200. The number of nitrogens with zero attached hydrogens (tertiary/aromatic N) is 3. The molecule has 4 nitrogen and oxygen atoms in total. The van der Waals surface area contributed by atoms with Crippen molar-refractivity contribution in [3.8, 4) is 0 Å². The second kappa shape index (κ2) is 7.22. The molecule has 0 spiro atoms. The number of benzene rings is 1. The van der Waals surface area contributed by atoms with E-state index in [0.29, 0.717) is 12.0 Å². The van der Waals surface area contributed by atoms with Gasteiger partial charge >= 0.3 is 0 Å². The van der Waals surface area contributed by atoms with Crippen LogP contribution >= 0.6 is 0 Å². The van der Waals surface area contributed by atoms with E-state index in [2.05, 4.69) is 66.1 Å². The minimum absolute atomic E-state index is 0.252. The van der Waals surface area contributed by atoms with Crippen LogP contribution in [0.2, 0.25) is 0 Å². The summed E-state index contributed by atoms with van der Waals surface area (Å²) in [5.41, 5.74) is 3.22. The molecule has 0 unspecified atom stereocenters. The second-order valence-corrected chi connectivity index (χ2v) is 7.93. The quantitative estimate of drug-likeness (QED) is 0.738. The Balaban J connectivity index is 1.64. The Kier molecular flexibility index (Phi) is 5.21. The van der Waals surface area contributed by atoms with Crippen molar-refractivity contribution in [1.29, 1.82) is 0 Å². The highest BCUT2D eigenvalue weighted by atomic mass is 16.5. The molecule has 2 aromatic rings. The normalized spacial score (nSPS) is 21.5.